The van der Waals surface area contributed by atoms with Crippen molar-refractivity contribution in [2.45, 2.75) is 236 Å². The zero-order chi connectivity index (χ0) is 59.1. The molecule has 0 radical (unpaired) electrons. The average molecular weight is 1120 g/mol. The molecule has 6 aromatic heterocycles. The lowest BCUT2D eigenvalue weighted by Crippen LogP contribution is -2.27. The highest BCUT2D eigenvalue weighted by atomic mass is 32.1. The summed E-state index contributed by atoms with van der Waals surface area (Å²) in [7, 11) is 1.64. The number of aryl methyl sites for hydroxylation is 2. The fourth-order valence-corrected chi connectivity index (χ4v) is 9.00. The quantitative estimate of drug-likeness (QED) is 0.123. The number of ether oxygens (including phenoxy) is 2. The molecule has 6 heterocycles. The van der Waals surface area contributed by atoms with Crippen LogP contribution in [0.3, 0.4) is 0 Å². The first-order valence-corrected chi connectivity index (χ1v) is 29.2. The summed E-state index contributed by atoms with van der Waals surface area (Å²) >= 11 is 5.04. The van der Waals surface area contributed by atoms with E-state index >= 15 is 0 Å². The fourth-order valence-electron chi connectivity index (χ4n) is 6.08. The van der Waals surface area contributed by atoms with Gasteiger partial charge >= 0.3 is 6.09 Å². The number of aromatic nitrogens is 6. The maximum absolute atomic E-state index is 11.6. The van der Waals surface area contributed by atoms with Crippen molar-refractivity contribution in [3.63, 3.8) is 0 Å². The molecule has 0 saturated heterocycles. The minimum atomic E-state index is -0.508. The van der Waals surface area contributed by atoms with Crippen LogP contribution in [0.25, 0.3) is 0 Å². The van der Waals surface area contributed by atoms with Gasteiger partial charge in [0.25, 0.3) is 11.2 Å². The van der Waals surface area contributed by atoms with E-state index in [2.05, 4.69) is 197 Å². The van der Waals surface area contributed by atoms with Crippen LogP contribution in [0.4, 0.5) is 27.6 Å². The molecule has 0 aromatic carbocycles. The maximum Gasteiger partial charge on any atom is 0.413 e. The summed E-state index contributed by atoms with van der Waals surface area (Å²) in [5, 5.41) is 16.4. The van der Waals surface area contributed by atoms with Gasteiger partial charge in [-0.1, -0.05) is 148 Å². The lowest BCUT2D eigenvalue weighted by Gasteiger charge is -2.21. The molecule has 14 nitrogen and oxygen atoms in total. The van der Waals surface area contributed by atoms with Crippen LogP contribution in [0.1, 0.15) is 216 Å². The number of anilines is 4. The fraction of sp³-hybridized carbons (Fsp3) is 0.617. The van der Waals surface area contributed by atoms with Crippen molar-refractivity contribution >= 4 is 62.9 Å². The summed E-state index contributed by atoms with van der Waals surface area (Å²) in [6.45, 7) is 52.5. The molecule has 0 unspecified atom stereocenters. The Morgan fingerprint density at radius 1 is 0.649 bits per heavy atom. The van der Waals surface area contributed by atoms with E-state index in [1.807, 2.05) is 57.3 Å². The number of oxazole rings is 1. The largest absolute Gasteiger partial charge is 0.473 e. The predicted molar refractivity (Wildman–Crippen MR) is 329 cm³/mol. The molecule has 1 fully saturated rings. The first kappa shape index (κ1) is 68.0. The molecule has 1 amide bonds. The van der Waals surface area contributed by atoms with Crippen LogP contribution in [0.15, 0.2) is 57.8 Å². The van der Waals surface area contributed by atoms with E-state index in [0.717, 1.165) is 38.8 Å². The van der Waals surface area contributed by atoms with E-state index in [-0.39, 0.29) is 32.5 Å². The van der Waals surface area contributed by atoms with Gasteiger partial charge in [0.15, 0.2) is 5.13 Å². The number of carbonyl (C=O) groups excluding carboxylic acids is 1. The summed E-state index contributed by atoms with van der Waals surface area (Å²) in [4.78, 5) is 39.3. The number of rotatable bonds is 6. The Morgan fingerprint density at radius 3 is 1.56 bits per heavy atom. The summed E-state index contributed by atoms with van der Waals surface area (Å²) in [6.07, 6.45) is 3.74. The van der Waals surface area contributed by atoms with Crippen molar-refractivity contribution < 1.29 is 18.7 Å². The number of hydrogen-bond acceptors (Lipinski definition) is 16. The Morgan fingerprint density at radius 2 is 1.19 bits per heavy atom. The lowest BCUT2D eigenvalue weighted by molar-refractivity contribution is 0.0635. The third-order valence-corrected chi connectivity index (χ3v) is 13.6. The molecule has 5 N–H and O–H groups in total. The summed E-state index contributed by atoms with van der Waals surface area (Å²) in [5.41, 5.74) is 12.1. The van der Waals surface area contributed by atoms with Crippen LogP contribution >= 0.6 is 34.0 Å². The van der Waals surface area contributed by atoms with E-state index in [4.69, 9.17) is 19.6 Å². The molecule has 430 valence electrons. The third kappa shape index (κ3) is 26.9. The van der Waals surface area contributed by atoms with Gasteiger partial charge in [0.1, 0.15) is 23.5 Å². The van der Waals surface area contributed by atoms with Gasteiger partial charge in [-0.05, 0) is 85.6 Å². The predicted octanol–water partition coefficient (Wildman–Crippen LogP) is 17.0. The molecule has 17 heteroatoms. The second-order valence-corrected chi connectivity index (χ2v) is 29.5. The van der Waals surface area contributed by atoms with Crippen LogP contribution in [0.5, 0.6) is 5.19 Å². The normalized spacial score (nSPS) is 12.9. The second kappa shape index (κ2) is 28.1. The SMILES string of the molecule is CC(C)(C)OC(=O)Nc1cccc(C(C)(C)C)n1.CC(C)(C)c1cccc(N)n1.CC(C)(C)c1coc(NC2CC2)n1.COc1nc(C(C)(C)C)cs1.Cc1csc(C(C)(C)C)n1.Cc1sc(NC(C)C)nc1C(C)(C)C. The molecule has 0 spiro atoms. The Bertz CT molecular complexity index is 2680. The van der Waals surface area contributed by atoms with E-state index in [0.29, 0.717) is 29.7 Å². The monoisotopic (exact) mass is 1120 g/mol. The number of nitrogen functional groups attached to an aromatic ring is 1. The van der Waals surface area contributed by atoms with Gasteiger partial charge in [-0.3, -0.25) is 5.32 Å². The molecule has 7 rings (SSSR count). The van der Waals surface area contributed by atoms with E-state index in [1.54, 1.807) is 59.5 Å². The molecule has 1 aliphatic rings. The highest BCUT2D eigenvalue weighted by Crippen LogP contribution is 2.32. The first-order chi connectivity index (χ1) is 35.0. The highest BCUT2D eigenvalue weighted by Gasteiger charge is 2.26. The van der Waals surface area contributed by atoms with Crippen LogP contribution in [0.2, 0.25) is 0 Å². The summed E-state index contributed by atoms with van der Waals surface area (Å²) in [6, 6.07) is 13.0. The third-order valence-electron chi connectivity index (χ3n) is 10.5. The highest BCUT2D eigenvalue weighted by molar-refractivity contribution is 7.15. The zero-order valence-electron chi connectivity index (χ0n) is 51.9. The number of carbonyl (C=O) groups is 1. The van der Waals surface area contributed by atoms with Crippen molar-refractivity contribution in [3.05, 3.63) is 97.5 Å². The Labute approximate surface area is 476 Å². The van der Waals surface area contributed by atoms with Gasteiger partial charge in [0, 0.05) is 77.3 Å². The molecule has 0 aliphatic heterocycles. The first-order valence-electron chi connectivity index (χ1n) is 26.6. The van der Waals surface area contributed by atoms with E-state index in [9.17, 15) is 4.79 Å². The van der Waals surface area contributed by atoms with Gasteiger partial charge in [-0.15, -0.1) is 22.7 Å². The van der Waals surface area contributed by atoms with E-state index in [1.165, 1.54) is 28.4 Å². The molecule has 0 bridgehead atoms. The zero-order valence-corrected chi connectivity index (χ0v) is 54.3. The topological polar surface area (TPSA) is 188 Å². The molecule has 0 atom stereocenters. The number of nitrogens with zero attached hydrogens (tertiary/aromatic N) is 6. The molecule has 77 heavy (non-hydrogen) atoms. The molecule has 1 aliphatic carbocycles. The lowest BCUT2D eigenvalue weighted by atomic mass is 9.92. The standard InChI is InChI=1S/C14H22N2O2.C11H20N2S.C10H16N2O.C9H14N2.C8H13NOS.C8H13NS/c1-13(2,3)10-8-7-9-11(15-10)16-12(17)18-14(4,5)6;1-7(2)12-10-13-9(8(3)14-10)11(4,5)6;1-10(2,3)8-6-13-9(12-8)11-7-4-5-7;1-9(2,3)7-5-4-6-8(10)11-7;1-8(2,3)6-5-11-7(9-6)10-4;1-6-5-10-7(9-6)8(2,3)4/h7-9H,1-6H3,(H,15,16,17);7H,1-6H3,(H,12,13);6-7H,4-5H2,1-3H3,(H,11,12);4-6H,1-3H3,(H2,10,11);5H,1-4H3;5H,1-4H3. The van der Waals surface area contributed by atoms with Crippen molar-refractivity contribution in [1.82, 2.24) is 29.9 Å². The number of methoxy groups -OCH3 is 1. The van der Waals surface area contributed by atoms with Gasteiger partial charge in [-0.2, -0.15) is 4.98 Å². The van der Waals surface area contributed by atoms with Gasteiger partial charge in [0.2, 0.25) is 0 Å². The van der Waals surface area contributed by atoms with Crippen LogP contribution < -0.4 is 26.4 Å². The van der Waals surface area contributed by atoms with Crippen LogP contribution in [-0.4, -0.2) is 60.8 Å². The van der Waals surface area contributed by atoms with Gasteiger partial charge in [0.05, 0.1) is 29.2 Å². The minimum Gasteiger partial charge on any atom is -0.473 e. The van der Waals surface area contributed by atoms with Crippen molar-refractivity contribution in [2.75, 3.05) is 28.8 Å². The number of pyridine rings is 2. The van der Waals surface area contributed by atoms with Gasteiger partial charge in [-0.25, -0.2) is 29.7 Å². The average Bonchev–Trinajstić information content (AvgIpc) is 3.67. The molecule has 6 aromatic rings. The van der Waals surface area contributed by atoms with Crippen molar-refractivity contribution in [1.29, 1.82) is 0 Å². The number of thiazole rings is 3. The van der Waals surface area contributed by atoms with Crippen molar-refractivity contribution in [2.24, 2.45) is 0 Å². The summed E-state index contributed by atoms with van der Waals surface area (Å²) < 4.78 is 15.5. The smallest absolute Gasteiger partial charge is 0.413 e. The van der Waals surface area contributed by atoms with Crippen LogP contribution in [-0.2, 0) is 37.2 Å². The minimum absolute atomic E-state index is 0.0500. The Hall–Kier alpha value is -5.13. The van der Waals surface area contributed by atoms with Gasteiger partial charge < -0.3 is 30.3 Å². The van der Waals surface area contributed by atoms with Crippen molar-refractivity contribution in [3.8, 4) is 5.19 Å². The molecular formula is C60H98N10O4S3. The van der Waals surface area contributed by atoms with Crippen LogP contribution in [0, 0.1) is 13.8 Å². The number of hydrogen-bond donors (Lipinski definition) is 4. The van der Waals surface area contributed by atoms with E-state index < -0.39 is 11.7 Å². The number of nitrogens with two attached hydrogens (primary N) is 1. The Balaban J connectivity index is 0.000000319. The Kier molecular flexibility index (Phi) is 24.8. The summed E-state index contributed by atoms with van der Waals surface area (Å²) in [5.74, 6) is 1.11. The number of nitrogens with one attached hydrogen (secondary N) is 3. The maximum atomic E-state index is 11.6. The molecular weight excluding hydrogens is 1020 g/mol. The molecule has 1 saturated carbocycles. The number of amides is 1. The second-order valence-electron chi connectivity index (χ2n) is 26.7.